The maximum atomic E-state index is 6.32. The molecule has 1 aliphatic carbocycles. The van der Waals surface area contributed by atoms with Crippen molar-refractivity contribution in [2.45, 2.75) is 58.1 Å². The Morgan fingerprint density at radius 1 is 1.53 bits per heavy atom. The summed E-state index contributed by atoms with van der Waals surface area (Å²) in [7, 11) is 0. The molecule has 3 unspecified atom stereocenters. The predicted octanol–water partition coefficient (Wildman–Crippen LogP) is 4.38. The third-order valence-corrected chi connectivity index (χ3v) is 5.12. The zero-order chi connectivity index (χ0) is 13.7. The van der Waals surface area contributed by atoms with Gasteiger partial charge in [0.2, 0.25) is 0 Å². The summed E-state index contributed by atoms with van der Waals surface area (Å²) < 4.78 is 6.32. The molecule has 1 aromatic heterocycles. The molecule has 1 aliphatic rings. The SMILES string of the molecule is CCNC(c1cccs1)C1(OCC)CCCC(C)C1. The van der Waals surface area contributed by atoms with Crippen LogP contribution < -0.4 is 5.32 Å². The quantitative estimate of drug-likeness (QED) is 0.835. The van der Waals surface area contributed by atoms with Crippen LogP contribution in [0.3, 0.4) is 0 Å². The van der Waals surface area contributed by atoms with Crippen molar-refractivity contribution in [2.24, 2.45) is 5.92 Å². The Kier molecular flexibility index (Phi) is 5.43. The summed E-state index contributed by atoms with van der Waals surface area (Å²) in [6.07, 6.45) is 4.99. The van der Waals surface area contributed by atoms with Gasteiger partial charge in [-0.2, -0.15) is 0 Å². The molecule has 0 aliphatic heterocycles. The van der Waals surface area contributed by atoms with Crippen LogP contribution in [0.4, 0.5) is 0 Å². The van der Waals surface area contributed by atoms with E-state index in [1.54, 1.807) is 0 Å². The van der Waals surface area contributed by atoms with Crippen LogP contribution in [0.25, 0.3) is 0 Å². The lowest BCUT2D eigenvalue weighted by Gasteiger charge is -2.45. The summed E-state index contributed by atoms with van der Waals surface area (Å²) in [6.45, 7) is 8.47. The first-order valence-corrected chi connectivity index (χ1v) is 8.50. The molecule has 0 spiro atoms. The average Bonchev–Trinajstić information content (AvgIpc) is 2.89. The Labute approximate surface area is 121 Å². The number of hydrogen-bond donors (Lipinski definition) is 1. The lowest BCUT2D eigenvalue weighted by atomic mass is 9.74. The first-order chi connectivity index (χ1) is 9.22. The maximum absolute atomic E-state index is 6.32. The second kappa shape index (κ2) is 6.87. The fourth-order valence-corrected chi connectivity index (χ4v) is 4.42. The van der Waals surface area contributed by atoms with Crippen molar-refractivity contribution in [3.05, 3.63) is 22.4 Å². The molecule has 0 aromatic carbocycles. The van der Waals surface area contributed by atoms with E-state index in [2.05, 4.69) is 43.6 Å². The third-order valence-electron chi connectivity index (χ3n) is 4.18. The van der Waals surface area contributed by atoms with Crippen LogP contribution >= 0.6 is 11.3 Å². The second-order valence-corrected chi connectivity index (χ2v) is 6.68. The molecule has 0 bridgehead atoms. The molecule has 108 valence electrons. The summed E-state index contributed by atoms with van der Waals surface area (Å²) >= 11 is 1.85. The van der Waals surface area contributed by atoms with Crippen molar-refractivity contribution in [3.63, 3.8) is 0 Å². The van der Waals surface area contributed by atoms with Gasteiger partial charge in [-0.3, -0.25) is 0 Å². The highest BCUT2D eigenvalue weighted by Gasteiger charge is 2.43. The first-order valence-electron chi connectivity index (χ1n) is 7.62. The van der Waals surface area contributed by atoms with E-state index >= 15 is 0 Å². The van der Waals surface area contributed by atoms with Crippen molar-refractivity contribution >= 4 is 11.3 Å². The molecule has 2 nitrogen and oxygen atoms in total. The molecule has 1 heterocycles. The molecule has 1 fully saturated rings. The Morgan fingerprint density at radius 3 is 2.95 bits per heavy atom. The standard InChI is InChI=1S/C16H27NOS/c1-4-17-15(14-9-7-11-19-14)16(18-5-2)10-6-8-13(3)12-16/h7,9,11,13,15,17H,4-6,8,10,12H2,1-3H3. The number of rotatable bonds is 6. The molecular weight excluding hydrogens is 254 g/mol. The van der Waals surface area contributed by atoms with E-state index in [0.29, 0.717) is 6.04 Å². The smallest absolute Gasteiger partial charge is 0.0886 e. The van der Waals surface area contributed by atoms with Gasteiger partial charge in [-0.05, 0) is 43.7 Å². The molecule has 3 heteroatoms. The summed E-state index contributed by atoms with van der Waals surface area (Å²) in [5.74, 6) is 0.765. The Morgan fingerprint density at radius 2 is 2.37 bits per heavy atom. The van der Waals surface area contributed by atoms with Gasteiger partial charge in [-0.1, -0.05) is 32.8 Å². The number of nitrogens with one attached hydrogen (secondary N) is 1. The average molecular weight is 281 g/mol. The minimum atomic E-state index is -0.00667. The molecule has 1 saturated carbocycles. The molecule has 0 amide bonds. The van der Waals surface area contributed by atoms with E-state index in [0.717, 1.165) is 19.1 Å². The lowest BCUT2D eigenvalue weighted by molar-refractivity contribution is -0.101. The van der Waals surface area contributed by atoms with Crippen LogP contribution in [0, 0.1) is 5.92 Å². The van der Waals surface area contributed by atoms with Crippen LogP contribution in [0.5, 0.6) is 0 Å². The minimum Gasteiger partial charge on any atom is -0.373 e. The van der Waals surface area contributed by atoms with Gasteiger partial charge in [0.25, 0.3) is 0 Å². The summed E-state index contributed by atoms with van der Waals surface area (Å²) in [5, 5.41) is 5.86. The highest BCUT2D eigenvalue weighted by Crippen LogP contribution is 2.44. The third kappa shape index (κ3) is 3.39. The Balaban J connectivity index is 2.27. The van der Waals surface area contributed by atoms with Crippen LogP contribution in [0.1, 0.15) is 57.4 Å². The van der Waals surface area contributed by atoms with Crippen molar-refractivity contribution in [2.75, 3.05) is 13.2 Å². The topological polar surface area (TPSA) is 21.3 Å². The van der Waals surface area contributed by atoms with Gasteiger partial charge in [0.1, 0.15) is 0 Å². The monoisotopic (exact) mass is 281 g/mol. The summed E-state index contributed by atoms with van der Waals surface area (Å²) in [6, 6.07) is 4.74. The van der Waals surface area contributed by atoms with Crippen molar-refractivity contribution in [1.82, 2.24) is 5.32 Å². The van der Waals surface area contributed by atoms with Gasteiger partial charge < -0.3 is 10.1 Å². The lowest BCUT2D eigenvalue weighted by Crippen LogP contribution is -2.48. The predicted molar refractivity (Wildman–Crippen MR) is 82.7 cm³/mol. The van der Waals surface area contributed by atoms with Crippen molar-refractivity contribution < 1.29 is 4.74 Å². The minimum absolute atomic E-state index is 0.00667. The highest BCUT2D eigenvalue weighted by molar-refractivity contribution is 7.10. The normalized spacial score (nSPS) is 29.3. The molecule has 2 rings (SSSR count). The van der Waals surface area contributed by atoms with Crippen molar-refractivity contribution in [1.29, 1.82) is 0 Å². The van der Waals surface area contributed by atoms with Crippen LogP contribution in [0.2, 0.25) is 0 Å². The van der Waals surface area contributed by atoms with Crippen LogP contribution in [0.15, 0.2) is 17.5 Å². The van der Waals surface area contributed by atoms with Crippen LogP contribution in [-0.4, -0.2) is 18.8 Å². The zero-order valence-corrected chi connectivity index (χ0v) is 13.3. The molecule has 0 radical (unpaired) electrons. The molecule has 19 heavy (non-hydrogen) atoms. The summed E-state index contributed by atoms with van der Waals surface area (Å²) in [5.41, 5.74) is -0.00667. The van der Waals surface area contributed by atoms with Gasteiger partial charge in [-0.15, -0.1) is 11.3 Å². The fourth-order valence-electron chi connectivity index (χ4n) is 3.51. The number of hydrogen-bond acceptors (Lipinski definition) is 3. The maximum Gasteiger partial charge on any atom is 0.0886 e. The van der Waals surface area contributed by atoms with Gasteiger partial charge in [0, 0.05) is 11.5 Å². The number of ether oxygens (including phenoxy) is 1. The van der Waals surface area contributed by atoms with Crippen molar-refractivity contribution in [3.8, 4) is 0 Å². The number of likely N-dealkylation sites (N-methyl/N-ethyl adjacent to an activating group) is 1. The molecule has 3 atom stereocenters. The summed E-state index contributed by atoms with van der Waals surface area (Å²) in [4.78, 5) is 1.42. The van der Waals surface area contributed by atoms with Crippen LogP contribution in [-0.2, 0) is 4.74 Å². The van der Waals surface area contributed by atoms with Gasteiger partial charge in [-0.25, -0.2) is 0 Å². The van der Waals surface area contributed by atoms with Gasteiger partial charge >= 0.3 is 0 Å². The highest BCUT2D eigenvalue weighted by atomic mass is 32.1. The molecule has 1 N–H and O–H groups in total. The number of thiophene rings is 1. The largest absolute Gasteiger partial charge is 0.373 e. The van der Waals surface area contributed by atoms with E-state index < -0.39 is 0 Å². The Bertz CT molecular complexity index is 361. The second-order valence-electron chi connectivity index (χ2n) is 5.71. The van der Waals surface area contributed by atoms with E-state index in [1.807, 2.05) is 11.3 Å². The van der Waals surface area contributed by atoms with E-state index in [1.165, 1.54) is 30.6 Å². The first kappa shape index (κ1) is 15.0. The van der Waals surface area contributed by atoms with E-state index in [9.17, 15) is 0 Å². The van der Waals surface area contributed by atoms with E-state index in [4.69, 9.17) is 4.74 Å². The molecule has 0 saturated heterocycles. The fraction of sp³-hybridized carbons (Fsp3) is 0.750. The van der Waals surface area contributed by atoms with Gasteiger partial charge in [0.05, 0.1) is 11.6 Å². The van der Waals surface area contributed by atoms with E-state index in [-0.39, 0.29) is 5.60 Å². The van der Waals surface area contributed by atoms with Gasteiger partial charge in [0.15, 0.2) is 0 Å². The molecular formula is C16H27NOS. The molecule has 1 aromatic rings. The zero-order valence-electron chi connectivity index (χ0n) is 12.4. The Hall–Kier alpha value is -0.380.